The molecule has 0 saturated carbocycles. The van der Waals surface area contributed by atoms with Gasteiger partial charge in [-0.1, -0.05) is 13.8 Å². The maximum absolute atomic E-state index is 5.78. The molecule has 0 atom stereocenters. The Balaban J connectivity index is 2.86. The third-order valence-corrected chi connectivity index (χ3v) is 3.33. The molecule has 0 aromatic heterocycles. The molecular formula is C13H21IN2O. The van der Waals surface area contributed by atoms with Crippen LogP contribution in [0.2, 0.25) is 0 Å². The lowest BCUT2D eigenvalue weighted by Gasteiger charge is -2.27. The minimum atomic E-state index is 0.625. The van der Waals surface area contributed by atoms with Crippen molar-refractivity contribution in [2.45, 2.75) is 13.8 Å². The predicted octanol–water partition coefficient (Wildman–Crippen LogP) is 2.98. The van der Waals surface area contributed by atoms with Crippen LogP contribution in [0.15, 0.2) is 18.2 Å². The number of rotatable bonds is 6. The first-order valence-electron chi connectivity index (χ1n) is 5.83. The Labute approximate surface area is 117 Å². The van der Waals surface area contributed by atoms with Crippen LogP contribution < -0.4 is 10.6 Å². The van der Waals surface area contributed by atoms with Crippen molar-refractivity contribution < 1.29 is 4.74 Å². The van der Waals surface area contributed by atoms with Crippen molar-refractivity contribution in [3.63, 3.8) is 0 Å². The number of methoxy groups -OCH3 is 1. The van der Waals surface area contributed by atoms with Crippen LogP contribution in [0.1, 0.15) is 13.8 Å². The highest BCUT2D eigenvalue weighted by Gasteiger charge is 2.11. The Kier molecular flexibility index (Phi) is 6.05. The lowest BCUT2D eigenvalue weighted by atomic mass is 10.2. The summed E-state index contributed by atoms with van der Waals surface area (Å²) in [6.07, 6.45) is 0. The minimum Gasteiger partial charge on any atom is -0.399 e. The quantitative estimate of drug-likeness (QED) is 0.635. The molecule has 0 heterocycles. The van der Waals surface area contributed by atoms with E-state index in [2.05, 4.69) is 47.4 Å². The fraction of sp³-hybridized carbons (Fsp3) is 0.538. The third-order valence-electron chi connectivity index (χ3n) is 2.46. The topological polar surface area (TPSA) is 38.5 Å². The molecule has 1 aromatic carbocycles. The third kappa shape index (κ3) is 4.71. The number of ether oxygens (including phenoxy) is 1. The summed E-state index contributed by atoms with van der Waals surface area (Å²) in [5.41, 5.74) is 7.84. The van der Waals surface area contributed by atoms with Gasteiger partial charge in [-0.2, -0.15) is 0 Å². The van der Waals surface area contributed by atoms with Crippen LogP contribution in [0.5, 0.6) is 0 Å². The summed E-state index contributed by atoms with van der Waals surface area (Å²) in [5, 5.41) is 0. The molecule has 1 rings (SSSR count). The number of benzene rings is 1. The van der Waals surface area contributed by atoms with Gasteiger partial charge in [-0.25, -0.2) is 0 Å². The van der Waals surface area contributed by atoms with Gasteiger partial charge in [0.05, 0.1) is 12.3 Å². The van der Waals surface area contributed by atoms with Crippen LogP contribution in [-0.2, 0) is 4.74 Å². The monoisotopic (exact) mass is 348 g/mol. The fourth-order valence-electron chi connectivity index (χ4n) is 1.73. The maximum Gasteiger partial charge on any atom is 0.0637 e. The van der Waals surface area contributed by atoms with Crippen molar-refractivity contribution in [3.8, 4) is 0 Å². The van der Waals surface area contributed by atoms with Gasteiger partial charge in [0.1, 0.15) is 0 Å². The summed E-state index contributed by atoms with van der Waals surface area (Å²) in [6, 6.07) is 6.06. The number of hydrogen-bond donors (Lipinski definition) is 1. The average Bonchev–Trinajstić information content (AvgIpc) is 2.24. The van der Waals surface area contributed by atoms with Gasteiger partial charge in [-0.15, -0.1) is 0 Å². The van der Waals surface area contributed by atoms with Crippen molar-refractivity contribution in [3.05, 3.63) is 21.8 Å². The molecule has 0 aliphatic rings. The molecule has 96 valence electrons. The zero-order valence-electron chi connectivity index (χ0n) is 10.7. The first-order chi connectivity index (χ1) is 8.04. The molecule has 0 aliphatic heterocycles. The SMILES string of the molecule is COCCN(CC(C)C)c1ccc(N)cc1I. The van der Waals surface area contributed by atoms with E-state index in [-0.39, 0.29) is 0 Å². The summed E-state index contributed by atoms with van der Waals surface area (Å²) >= 11 is 2.34. The van der Waals surface area contributed by atoms with Crippen LogP contribution in [0, 0.1) is 9.49 Å². The maximum atomic E-state index is 5.78. The van der Waals surface area contributed by atoms with Crippen LogP contribution in [0.3, 0.4) is 0 Å². The highest BCUT2D eigenvalue weighted by molar-refractivity contribution is 14.1. The highest BCUT2D eigenvalue weighted by Crippen LogP contribution is 2.25. The second-order valence-corrected chi connectivity index (χ2v) is 5.71. The van der Waals surface area contributed by atoms with E-state index < -0.39 is 0 Å². The second-order valence-electron chi connectivity index (χ2n) is 4.54. The molecular weight excluding hydrogens is 327 g/mol. The van der Waals surface area contributed by atoms with Crippen molar-refractivity contribution in [1.82, 2.24) is 0 Å². The molecule has 2 N–H and O–H groups in total. The first-order valence-corrected chi connectivity index (χ1v) is 6.91. The second kappa shape index (κ2) is 7.06. The van der Waals surface area contributed by atoms with E-state index in [0.29, 0.717) is 5.92 Å². The molecule has 0 fully saturated rings. The van der Waals surface area contributed by atoms with Crippen molar-refractivity contribution >= 4 is 34.0 Å². The predicted molar refractivity (Wildman–Crippen MR) is 82.5 cm³/mol. The number of halogens is 1. The molecule has 0 aliphatic carbocycles. The Bertz CT molecular complexity index is 355. The Hall–Kier alpha value is -0.490. The summed E-state index contributed by atoms with van der Waals surface area (Å²) in [5.74, 6) is 0.625. The smallest absolute Gasteiger partial charge is 0.0637 e. The summed E-state index contributed by atoms with van der Waals surface area (Å²) in [7, 11) is 1.74. The standard InChI is InChI=1S/C13H21IN2O/c1-10(2)9-16(6-7-17-3)13-5-4-11(15)8-12(13)14/h4-5,8,10H,6-7,9,15H2,1-3H3. The Morgan fingerprint density at radius 1 is 1.41 bits per heavy atom. The van der Waals surface area contributed by atoms with Crippen LogP contribution in [0.25, 0.3) is 0 Å². The van der Waals surface area contributed by atoms with Gasteiger partial charge < -0.3 is 15.4 Å². The van der Waals surface area contributed by atoms with E-state index in [0.717, 1.165) is 25.4 Å². The van der Waals surface area contributed by atoms with E-state index in [9.17, 15) is 0 Å². The number of anilines is 2. The largest absolute Gasteiger partial charge is 0.399 e. The zero-order chi connectivity index (χ0) is 12.8. The summed E-state index contributed by atoms with van der Waals surface area (Å²) in [6.45, 7) is 7.14. The van der Waals surface area contributed by atoms with Crippen LogP contribution >= 0.6 is 22.6 Å². The molecule has 0 radical (unpaired) electrons. The van der Waals surface area contributed by atoms with E-state index in [4.69, 9.17) is 10.5 Å². The zero-order valence-corrected chi connectivity index (χ0v) is 12.9. The lowest BCUT2D eigenvalue weighted by Crippen LogP contribution is -2.31. The van der Waals surface area contributed by atoms with Crippen LogP contribution in [-0.4, -0.2) is 26.8 Å². The Morgan fingerprint density at radius 2 is 2.12 bits per heavy atom. The van der Waals surface area contributed by atoms with E-state index >= 15 is 0 Å². The van der Waals surface area contributed by atoms with E-state index in [1.54, 1.807) is 7.11 Å². The molecule has 0 unspecified atom stereocenters. The molecule has 0 bridgehead atoms. The van der Waals surface area contributed by atoms with Gasteiger partial charge in [0.25, 0.3) is 0 Å². The molecule has 3 nitrogen and oxygen atoms in total. The molecule has 1 aromatic rings. The van der Waals surface area contributed by atoms with E-state index in [1.807, 2.05) is 12.1 Å². The van der Waals surface area contributed by atoms with Gasteiger partial charge >= 0.3 is 0 Å². The summed E-state index contributed by atoms with van der Waals surface area (Å²) < 4.78 is 6.36. The normalized spacial score (nSPS) is 10.9. The van der Waals surface area contributed by atoms with Gasteiger partial charge in [-0.3, -0.25) is 0 Å². The molecule has 0 amide bonds. The number of nitrogens with zero attached hydrogens (tertiary/aromatic N) is 1. The number of hydrogen-bond acceptors (Lipinski definition) is 3. The van der Waals surface area contributed by atoms with Gasteiger partial charge in [0.2, 0.25) is 0 Å². The van der Waals surface area contributed by atoms with Crippen molar-refractivity contribution in [1.29, 1.82) is 0 Å². The number of nitrogens with two attached hydrogens (primary N) is 1. The van der Waals surface area contributed by atoms with E-state index in [1.165, 1.54) is 9.26 Å². The first kappa shape index (κ1) is 14.6. The summed E-state index contributed by atoms with van der Waals surface area (Å²) in [4.78, 5) is 2.36. The van der Waals surface area contributed by atoms with Crippen LogP contribution in [0.4, 0.5) is 11.4 Å². The molecule has 17 heavy (non-hydrogen) atoms. The fourth-order valence-corrected chi connectivity index (χ4v) is 2.61. The van der Waals surface area contributed by atoms with Gasteiger partial charge in [0.15, 0.2) is 0 Å². The van der Waals surface area contributed by atoms with Crippen molar-refractivity contribution in [2.75, 3.05) is 37.4 Å². The molecule has 4 heteroatoms. The number of nitrogen functional groups attached to an aromatic ring is 1. The van der Waals surface area contributed by atoms with Gasteiger partial charge in [0, 0.05) is 29.5 Å². The minimum absolute atomic E-state index is 0.625. The molecule has 0 saturated heterocycles. The van der Waals surface area contributed by atoms with Gasteiger partial charge in [-0.05, 0) is 46.7 Å². The van der Waals surface area contributed by atoms with Crippen molar-refractivity contribution in [2.24, 2.45) is 5.92 Å². The lowest BCUT2D eigenvalue weighted by molar-refractivity contribution is 0.204. The highest BCUT2D eigenvalue weighted by atomic mass is 127. The molecule has 0 spiro atoms. The Morgan fingerprint density at radius 3 is 2.65 bits per heavy atom. The average molecular weight is 348 g/mol.